The second-order valence-electron chi connectivity index (χ2n) is 4.70. The molecule has 0 aliphatic heterocycles. The second kappa shape index (κ2) is 6.57. The molecule has 0 amide bonds. The Balaban J connectivity index is 2.51. The fourth-order valence-corrected chi connectivity index (χ4v) is 1.48. The molecule has 2 unspecified atom stereocenters. The maximum absolute atomic E-state index is 5.73. The molecule has 90 valence electrons. The van der Waals surface area contributed by atoms with E-state index >= 15 is 0 Å². The van der Waals surface area contributed by atoms with Crippen molar-refractivity contribution >= 4 is 0 Å². The Bertz CT molecular complexity index is 289. The molecule has 1 aromatic carbocycles. The van der Waals surface area contributed by atoms with E-state index in [-0.39, 0.29) is 0 Å². The van der Waals surface area contributed by atoms with Gasteiger partial charge in [-0.3, -0.25) is 0 Å². The summed E-state index contributed by atoms with van der Waals surface area (Å²) in [4.78, 5) is 0. The number of ether oxygens (including phenoxy) is 1. The van der Waals surface area contributed by atoms with Crippen LogP contribution in [0.3, 0.4) is 0 Å². The molecule has 0 radical (unpaired) electrons. The van der Waals surface area contributed by atoms with Gasteiger partial charge in [0.25, 0.3) is 0 Å². The van der Waals surface area contributed by atoms with Crippen LogP contribution in [0.5, 0.6) is 5.75 Å². The van der Waals surface area contributed by atoms with Crippen LogP contribution in [0.2, 0.25) is 0 Å². The molecule has 1 heteroatoms. The second-order valence-corrected chi connectivity index (χ2v) is 4.70. The van der Waals surface area contributed by atoms with Crippen molar-refractivity contribution in [1.29, 1.82) is 0 Å². The summed E-state index contributed by atoms with van der Waals surface area (Å²) in [5.74, 6) is 2.27. The van der Waals surface area contributed by atoms with Crippen molar-refractivity contribution in [3.05, 3.63) is 29.8 Å². The lowest BCUT2D eigenvalue weighted by molar-refractivity contribution is 0.256. The third-order valence-electron chi connectivity index (χ3n) is 3.29. The van der Waals surface area contributed by atoms with Gasteiger partial charge < -0.3 is 4.74 Å². The Morgan fingerprint density at radius 2 is 1.62 bits per heavy atom. The minimum atomic E-state index is 0.634. The fourth-order valence-electron chi connectivity index (χ4n) is 1.48. The average molecular weight is 220 g/mol. The Hall–Kier alpha value is -0.980. The van der Waals surface area contributed by atoms with Gasteiger partial charge in [0, 0.05) is 0 Å². The molecule has 0 saturated carbocycles. The van der Waals surface area contributed by atoms with Gasteiger partial charge in [-0.05, 0) is 36.0 Å². The molecule has 0 spiro atoms. The monoisotopic (exact) mass is 220 g/mol. The van der Waals surface area contributed by atoms with E-state index in [0.717, 1.165) is 12.4 Å². The molecule has 0 saturated heterocycles. The lowest BCUT2D eigenvalue weighted by Gasteiger charge is -2.13. The predicted molar refractivity (Wildman–Crippen MR) is 70.1 cm³/mol. The molecule has 0 aliphatic carbocycles. The zero-order valence-electron chi connectivity index (χ0n) is 11.0. The predicted octanol–water partition coefficient (Wildman–Crippen LogP) is 4.63. The van der Waals surface area contributed by atoms with Crippen LogP contribution in [-0.4, -0.2) is 6.61 Å². The van der Waals surface area contributed by atoms with Gasteiger partial charge in [-0.2, -0.15) is 0 Å². The quantitative estimate of drug-likeness (QED) is 0.679. The van der Waals surface area contributed by atoms with Crippen LogP contribution in [0, 0.1) is 5.92 Å². The molecule has 16 heavy (non-hydrogen) atoms. The first kappa shape index (κ1) is 13.1. The maximum atomic E-state index is 5.73. The molecular weight excluding hydrogens is 196 g/mol. The van der Waals surface area contributed by atoms with Crippen molar-refractivity contribution in [3.8, 4) is 5.75 Å². The summed E-state index contributed by atoms with van der Waals surface area (Å²) in [6, 6.07) is 8.54. The molecule has 2 atom stereocenters. The summed E-state index contributed by atoms with van der Waals surface area (Å²) in [6.45, 7) is 9.71. The lowest BCUT2D eigenvalue weighted by atomic mass is 9.99. The van der Waals surface area contributed by atoms with Crippen LogP contribution in [-0.2, 0) is 0 Å². The van der Waals surface area contributed by atoms with Crippen molar-refractivity contribution in [2.24, 2.45) is 5.92 Å². The van der Waals surface area contributed by atoms with Crippen LogP contribution in [0.4, 0.5) is 0 Å². The van der Waals surface area contributed by atoms with Crippen molar-refractivity contribution in [2.45, 2.75) is 46.5 Å². The lowest BCUT2D eigenvalue weighted by Crippen LogP contribution is -2.07. The summed E-state index contributed by atoms with van der Waals surface area (Å²) in [6.07, 6.45) is 2.36. The molecule has 0 bridgehead atoms. The molecule has 1 rings (SSSR count). The van der Waals surface area contributed by atoms with Crippen molar-refractivity contribution in [1.82, 2.24) is 0 Å². The van der Waals surface area contributed by atoms with Crippen LogP contribution < -0.4 is 4.74 Å². The highest BCUT2D eigenvalue weighted by Gasteiger charge is 2.03. The first-order chi connectivity index (χ1) is 7.67. The highest BCUT2D eigenvalue weighted by Crippen LogP contribution is 2.21. The van der Waals surface area contributed by atoms with Crippen LogP contribution in [0.15, 0.2) is 24.3 Å². The molecule has 0 aliphatic rings. The standard InChI is InChI=1S/C15H24O/c1-5-12(3)11-16-15-9-7-14(8-10-15)13(4)6-2/h7-10,12-13H,5-6,11H2,1-4H3. The SMILES string of the molecule is CCC(C)COc1ccc(C(C)CC)cc1. The zero-order chi connectivity index (χ0) is 12.0. The topological polar surface area (TPSA) is 9.23 Å². The van der Waals surface area contributed by atoms with Gasteiger partial charge in [-0.15, -0.1) is 0 Å². The molecule has 0 N–H and O–H groups in total. The van der Waals surface area contributed by atoms with E-state index in [0.29, 0.717) is 11.8 Å². The molecule has 1 aromatic rings. The number of hydrogen-bond acceptors (Lipinski definition) is 1. The van der Waals surface area contributed by atoms with Gasteiger partial charge in [0.2, 0.25) is 0 Å². The van der Waals surface area contributed by atoms with Gasteiger partial charge in [0.05, 0.1) is 6.61 Å². The van der Waals surface area contributed by atoms with E-state index in [9.17, 15) is 0 Å². The van der Waals surface area contributed by atoms with Gasteiger partial charge in [0.1, 0.15) is 5.75 Å². The third-order valence-corrected chi connectivity index (χ3v) is 3.29. The molecule has 1 nitrogen and oxygen atoms in total. The van der Waals surface area contributed by atoms with Crippen molar-refractivity contribution in [2.75, 3.05) is 6.61 Å². The van der Waals surface area contributed by atoms with E-state index in [1.54, 1.807) is 0 Å². The maximum Gasteiger partial charge on any atom is 0.119 e. The normalized spacial score (nSPS) is 14.5. The third kappa shape index (κ3) is 3.88. The Kier molecular flexibility index (Phi) is 5.37. The van der Waals surface area contributed by atoms with E-state index < -0.39 is 0 Å². The van der Waals surface area contributed by atoms with Gasteiger partial charge in [0.15, 0.2) is 0 Å². The van der Waals surface area contributed by atoms with E-state index in [1.807, 2.05) is 0 Å². The van der Waals surface area contributed by atoms with Crippen LogP contribution in [0.25, 0.3) is 0 Å². The molecular formula is C15H24O. The Labute approximate surface area is 99.8 Å². The Morgan fingerprint density at radius 3 is 2.12 bits per heavy atom. The largest absolute Gasteiger partial charge is 0.493 e. The van der Waals surface area contributed by atoms with E-state index in [1.165, 1.54) is 18.4 Å². The fraction of sp³-hybridized carbons (Fsp3) is 0.600. The minimum Gasteiger partial charge on any atom is -0.493 e. The van der Waals surface area contributed by atoms with Crippen LogP contribution in [0.1, 0.15) is 52.0 Å². The van der Waals surface area contributed by atoms with Crippen molar-refractivity contribution in [3.63, 3.8) is 0 Å². The summed E-state index contributed by atoms with van der Waals surface area (Å²) >= 11 is 0. The van der Waals surface area contributed by atoms with E-state index in [4.69, 9.17) is 4.74 Å². The molecule has 0 fully saturated rings. The van der Waals surface area contributed by atoms with Crippen molar-refractivity contribution < 1.29 is 4.74 Å². The zero-order valence-corrected chi connectivity index (χ0v) is 11.0. The van der Waals surface area contributed by atoms with Gasteiger partial charge in [-0.25, -0.2) is 0 Å². The van der Waals surface area contributed by atoms with E-state index in [2.05, 4.69) is 52.0 Å². The average Bonchev–Trinajstić information content (AvgIpc) is 2.35. The van der Waals surface area contributed by atoms with Gasteiger partial charge >= 0.3 is 0 Å². The number of benzene rings is 1. The molecule has 0 heterocycles. The van der Waals surface area contributed by atoms with Gasteiger partial charge in [-0.1, -0.05) is 46.2 Å². The summed E-state index contributed by atoms with van der Waals surface area (Å²) in [5, 5.41) is 0. The Morgan fingerprint density at radius 1 is 1.00 bits per heavy atom. The first-order valence-electron chi connectivity index (χ1n) is 6.40. The number of rotatable bonds is 6. The highest BCUT2D eigenvalue weighted by atomic mass is 16.5. The summed E-state index contributed by atoms with van der Waals surface area (Å²) in [7, 11) is 0. The number of hydrogen-bond donors (Lipinski definition) is 0. The summed E-state index contributed by atoms with van der Waals surface area (Å²) in [5.41, 5.74) is 1.40. The minimum absolute atomic E-state index is 0.634. The summed E-state index contributed by atoms with van der Waals surface area (Å²) < 4.78 is 5.73. The highest BCUT2D eigenvalue weighted by molar-refractivity contribution is 5.29. The first-order valence-corrected chi connectivity index (χ1v) is 6.40. The smallest absolute Gasteiger partial charge is 0.119 e. The molecule has 0 aromatic heterocycles. The van der Waals surface area contributed by atoms with Crippen LogP contribution >= 0.6 is 0 Å².